The first-order chi connectivity index (χ1) is 33.4. The van der Waals surface area contributed by atoms with Crippen LogP contribution in [0.25, 0.3) is 0 Å². The third-order valence-corrected chi connectivity index (χ3v) is 8.91. The molecule has 0 aliphatic carbocycles. The maximum atomic E-state index is 13.1. The molecule has 0 N–H and O–H groups in total. The largest absolute Gasteiger partial charge is 4.00 e. The molecule has 0 radical (unpaired) electrons. The monoisotopic (exact) mass is 1150 g/mol. The van der Waals surface area contributed by atoms with Crippen molar-refractivity contribution >= 4 is 0 Å². The van der Waals surface area contributed by atoms with Crippen molar-refractivity contribution < 1.29 is 103 Å². The van der Waals surface area contributed by atoms with Gasteiger partial charge in [-0.3, -0.25) is 9.80 Å². The molecule has 2 aromatic carbocycles. The summed E-state index contributed by atoms with van der Waals surface area (Å²) in [6.45, 7) is 52.0. The molecule has 16 heteroatoms. The number of ether oxygens (including phenoxy) is 4. The van der Waals surface area contributed by atoms with Crippen LogP contribution in [0.4, 0.5) is 0 Å². The Morgan fingerprint density at radius 3 is 0.658 bits per heavy atom. The van der Waals surface area contributed by atoms with E-state index in [1.165, 1.54) is 11.1 Å². The molecule has 0 spiro atoms. The van der Waals surface area contributed by atoms with E-state index < -0.39 is 36.6 Å². The second kappa shape index (κ2) is 49.8. The van der Waals surface area contributed by atoms with E-state index in [0.717, 1.165) is 48.4 Å². The van der Waals surface area contributed by atoms with Crippen molar-refractivity contribution in [3.8, 4) is 11.5 Å². The Hall–Kier alpha value is -1.01. The summed E-state index contributed by atoms with van der Waals surface area (Å²) in [5, 5.41) is 83.3. The van der Waals surface area contributed by atoms with Crippen LogP contribution in [0, 0.1) is 0 Å². The number of benzene rings is 2. The van der Waals surface area contributed by atoms with E-state index >= 15 is 0 Å². The fourth-order valence-corrected chi connectivity index (χ4v) is 5.50. The van der Waals surface area contributed by atoms with E-state index in [2.05, 4.69) is 117 Å². The van der Waals surface area contributed by atoms with Crippen molar-refractivity contribution in [1.82, 2.24) is 9.80 Å². The molecule has 444 valence electrons. The SMILES string of the molecule is CC(C)[O-].CC(C)[O-].CC(C)[O-].CC(C)[O-].CC(C)[O-].CC(C)[O-].COCCN(CCOC)Cc1cc(C(C)(C)C)cc(C(C)(C)C)c1[O-].COCCN(CCOC)Cc1cc(C(C)(C)C)cc(C(C)(C)C)c1[O-].[Ti+4].[Ti+4]. The minimum Gasteiger partial charge on any atom is -0.872 e. The Bertz CT molecular complexity index is 1420. The second-order valence-electron chi connectivity index (χ2n) is 23.8. The van der Waals surface area contributed by atoms with Crippen LogP contribution >= 0.6 is 0 Å². The zero-order valence-corrected chi connectivity index (χ0v) is 56.8. The van der Waals surface area contributed by atoms with Crippen LogP contribution in [-0.4, -0.2) is 127 Å². The number of hydrogen-bond donors (Lipinski definition) is 0. The molecular weight excluding hydrogens is 1040 g/mol. The van der Waals surface area contributed by atoms with E-state index in [1.54, 1.807) is 112 Å². The molecule has 0 aromatic heterocycles. The van der Waals surface area contributed by atoms with Crippen LogP contribution in [0.3, 0.4) is 0 Å². The summed E-state index contributed by atoms with van der Waals surface area (Å²) in [5.41, 5.74) is 5.62. The fourth-order valence-electron chi connectivity index (χ4n) is 5.50. The van der Waals surface area contributed by atoms with Gasteiger partial charge in [-0.15, -0.1) is 48.1 Å². The van der Waals surface area contributed by atoms with Gasteiger partial charge in [0.1, 0.15) is 0 Å². The van der Waals surface area contributed by atoms with Crippen LogP contribution in [-0.2, 0) is 97.1 Å². The Morgan fingerprint density at radius 2 is 0.526 bits per heavy atom. The molecule has 0 saturated heterocycles. The van der Waals surface area contributed by atoms with Crippen LogP contribution < -0.4 is 40.9 Å². The number of rotatable bonds is 16. The predicted molar refractivity (Wildman–Crippen MR) is 295 cm³/mol. The summed E-state index contributed by atoms with van der Waals surface area (Å²) in [6, 6.07) is 8.37. The van der Waals surface area contributed by atoms with E-state index in [1.807, 2.05) is 0 Å². The van der Waals surface area contributed by atoms with Gasteiger partial charge < -0.3 is 59.8 Å². The molecule has 2 rings (SSSR count). The van der Waals surface area contributed by atoms with Gasteiger partial charge in [0.25, 0.3) is 0 Å². The van der Waals surface area contributed by atoms with Crippen LogP contribution in [0.1, 0.15) is 200 Å². The molecule has 0 aliphatic rings. The standard InChI is InChI=1S/2C21H37NO3.6C3H7O.2Ti/c2*1-20(2,3)17-13-16(19(23)18(14-17)21(4,5)6)15-22(9-11-24-7)10-12-25-8;6*1-3(2)4;;/h2*13-14,23H,9-12,15H2,1-8H3;6*3H,1-2H3;;/q;;6*-1;2*+4/p-2. The minimum atomic E-state index is -0.417. The van der Waals surface area contributed by atoms with Crippen molar-refractivity contribution in [3.63, 3.8) is 0 Å². The van der Waals surface area contributed by atoms with Gasteiger partial charge in [-0.2, -0.15) is 0 Å². The number of hydrogen-bond acceptors (Lipinski definition) is 14. The average Bonchev–Trinajstić information content (AvgIpc) is 3.18. The first-order valence-electron chi connectivity index (χ1n) is 26.5. The van der Waals surface area contributed by atoms with Gasteiger partial charge in [0, 0.05) is 67.7 Å². The van der Waals surface area contributed by atoms with Crippen molar-refractivity contribution in [2.75, 3.05) is 81.0 Å². The van der Waals surface area contributed by atoms with Crippen molar-refractivity contribution in [2.45, 2.75) is 238 Å². The predicted octanol–water partition coefficient (Wildman–Crippen LogP) is 5.43. The Labute approximate surface area is 497 Å². The third-order valence-electron chi connectivity index (χ3n) is 8.91. The molecule has 0 fully saturated rings. The summed E-state index contributed by atoms with van der Waals surface area (Å²) < 4.78 is 20.9. The third kappa shape index (κ3) is 60.6. The van der Waals surface area contributed by atoms with Gasteiger partial charge in [-0.25, -0.2) is 0 Å². The summed E-state index contributed by atoms with van der Waals surface area (Å²) in [6.07, 6.45) is -2.50. The molecule has 0 aliphatic heterocycles. The zero-order chi connectivity index (χ0) is 60.0. The number of methoxy groups -OCH3 is 4. The average molecular weight is 1150 g/mol. The van der Waals surface area contributed by atoms with Crippen molar-refractivity contribution in [1.29, 1.82) is 0 Å². The maximum Gasteiger partial charge on any atom is 4.00 e. The molecular formula is C60H114N2O12Ti2. The van der Waals surface area contributed by atoms with E-state index in [4.69, 9.17) is 18.9 Å². The van der Waals surface area contributed by atoms with Gasteiger partial charge >= 0.3 is 43.4 Å². The topological polar surface area (TPSA) is 228 Å². The first-order valence-corrected chi connectivity index (χ1v) is 26.5. The van der Waals surface area contributed by atoms with Crippen LogP contribution in [0.5, 0.6) is 11.5 Å². The fraction of sp³-hybridized carbons (Fsp3) is 0.800. The van der Waals surface area contributed by atoms with Gasteiger partial charge in [-0.05, 0) is 55.0 Å². The summed E-state index contributed by atoms with van der Waals surface area (Å²) in [4.78, 5) is 4.45. The second-order valence-corrected chi connectivity index (χ2v) is 23.8. The molecule has 76 heavy (non-hydrogen) atoms. The normalized spacial score (nSPS) is 11.3. The van der Waals surface area contributed by atoms with Gasteiger partial charge in [0.2, 0.25) is 0 Å². The van der Waals surface area contributed by atoms with Gasteiger partial charge in [0.05, 0.1) is 26.4 Å². The summed E-state index contributed by atoms with van der Waals surface area (Å²) in [7, 11) is 6.80. The van der Waals surface area contributed by atoms with Crippen LogP contribution in [0.15, 0.2) is 24.3 Å². The van der Waals surface area contributed by atoms with Crippen molar-refractivity contribution in [3.05, 3.63) is 57.6 Å². The summed E-state index contributed by atoms with van der Waals surface area (Å²) in [5.74, 6) is 0.334. The summed E-state index contributed by atoms with van der Waals surface area (Å²) >= 11 is 0. The molecule has 0 heterocycles. The first kappa shape index (κ1) is 91.5. The maximum absolute atomic E-state index is 13.1. The quantitative estimate of drug-likeness (QED) is 0.191. The Kier molecular flexibility index (Phi) is 59.9. The smallest absolute Gasteiger partial charge is 0.872 e. The van der Waals surface area contributed by atoms with E-state index in [9.17, 15) is 40.9 Å². The molecule has 0 unspecified atom stereocenters. The molecule has 0 bridgehead atoms. The van der Waals surface area contributed by atoms with E-state index in [-0.39, 0.29) is 76.6 Å². The Morgan fingerprint density at radius 1 is 0.355 bits per heavy atom. The Balaban J connectivity index is -0.000000139. The molecule has 0 amide bonds. The number of nitrogens with zero attached hydrogens (tertiary/aromatic N) is 2. The molecule has 0 atom stereocenters. The molecule has 14 nitrogen and oxygen atoms in total. The van der Waals surface area contributed by atoms with Gasteiger partial charge in [0.15, 0.2) is 0 Å². The van der Waals surface area contributed by atoms with Crippen molar-refractivity contribution in [2.24, 2.45) is 0 Å². The minimum absolute atomic E-state index is 0. The zero-order valence-electron chi connectivity index (χ0n) is 53.6. The molecule has 0 saturated carbocycles. The molecule has 2 aromatic rings. The van der Waals surface area contributed by atoms with E-state index in [0.29, 0.717) is 39.5 Å². The van der Waals surface area contributed by atoms with Gasteiger partial charge in [-0.1, -0.05) is 190 Å². The van der Waals surface area contributed by atoms with Crippen LogP contribution in [0.2, 0.25) is 0 Å².